The second-order valence-corrected chi connectivity index (χ2v) is 7.79. The summed E-state index contributed by atoms with van der Waals surface area (Å²) in [5, 5.41) is 19.1. The van der Waals surface area contributed by atoms with Crippen LogP contribution in [-0.2, 0) is 4.79 Å². The van der Waals surface area contributed by atoms with Crippen molar-refractivity contribution in [2.24, 2.45) is 16.9 Å². The molecule has 31 heavy (non-hydrogen) atoms. The van der Waals surface area contributed by atoms with Crippen molar-refractivity contribution in [3.63, 3.8) is 0 Å². The average molecular weight is 416 g/mol. The molecule has 2 aromatic rings. The summed E-state index contributed by atoms with van der Waals surface area (Å²) in [6, 6.07) is 9.62. The first-order valence-corrected chi connectivity index (χ1v) is 10.0. The highest BCUT2D eigenvalue weighted by Gasteiger charge is 2.42. The highest BCUT2D eigenvalue weighted by molar-refractivity contribution is 5.85. The van der Waals surface area contributed by atoms with Crippen molar-refractivity contribution >= 4 is 12.1 Å². The van der Waals surface area contributed by atoms with Crippen molar-refractivity contribution in [2.45, 2.75) is 13.8 Å². The van der Waals surface area contributed by atoms with Crippen LogP contribution in [-0.4, -0.2) is 51.8 Å². The molecule has 9 nitrogen and oxygen atoms in total. The molecule has 0 aliphatic carbocycles. The molecule has 3 aliphatic rings. The quantitative estimate of drug-likeness (QED) is 0.753. The van der Waals surface area contributed by atoms with Crippen molar-refractivity contribution < 1.29 is 14.1 Å². The normalized spacial score (nSPS) is 20.3. The molecule has 0 radical (unpaired) electrons. The molecule has 0 saturated carbocycles. The zero-order valence-electron chi connectivity index (χ0n) is 17.1. The molecule has 4 heterocycles. The second kappa shape index (κ2) is 7.40. The zero-order chi connectivity index (χ0) is 21.5. The Bertz CT molecular complexity index is 1160. The van der Waals surface area contributed by atoms with E-state index in [0.29, 0.717) is 42.9 Å². The Balaban J connectivity index is 1.33. The number of benzene rings is 1. The van der Waals surface area contributed by atoms with Crippen LogP contribution in [0.15, 0.2) is 57.0 Å². The zero-order valence-corrected chi connectivity index (χ0v) is 17.1. The molecular formula is C22H20N6O3. The summed E-state index contributed by atoms with van der Waals surface area (Å²) in [5.41, 5.74) is 2.57. The molecular weight excluding hydrogens is 396 g/mol. The van der Waals surface area contributed by atoms with E-state index in [4.69, 9.17) is 14.5 Å². The van der Waals surface area contributed by atoms with Gasteiger partial charge >= 0.3 is 0 Å². The highest BCUT2D eigenvalue weighted by atomic mass is 16.5. The summed E-state index contributed by atoms with van der Waals surface area (Å²) in [5.74, 6) is 2.03. The van der Waals surface area contributed by atoms with Gasteiger partial charge in [-0.15, -0.1) is 0 Å². The Morgan fingerprint density at radius 1 is 1.23 bits per heavy atom. The Labute approximate surface area is 178 Å². The molecule has 0 spiro atoms. The molecule has 1 saturated heterocycles. The van der Waals surface area contributed by atoms with E-state index in [1.165, 1.54) is 0 Å². The smallest absolute Gasteiger partial charge is 0.231 e. The van der Waals surface area contributed by atoms with Gasteiger partial charge in [0.25, 0.3) is 0 Å². The van der Waals surface area contributed by atoms with Gasteiger partial charge in [-0.05, 0) is 36.8 Å². The molecule has 1 aromatic carbocycles. The molecule has 0 N–H and O–H groups in total. The van der Waals surface area contributed by atoms with E-state index in [1.54, 1.807) is 24.1 Å². The van der Waals surface area contributed by atoms with Gasteiger partial charge in [-0.2, -0.15) is 15.3 Å². The predicted molar refractivity (Wildman–Crippen MR) is 110 cm³/mol. The molecule has 1 unspecified atom stereocenters. The first-order chi connectivity index (χ1) is 15.0. The minimum atomic E-state index is -0.291. The fraction of sp³-hybridized carbons (Fsp3) is 0.318. The van der Waals surface area contributed by atoms with E-state index in [9.17, 15) is 4.79 Å². The number of likely N-dealkylation sites (tertiary alicyclic amines) is 1. The minimum absolute atomic E-state index is 0.0419. The topological polar surface area (TPSA) is 108 Å². The number of rotatable bonds is 4. The Morgan fingerprint density at radius 2 is 2.00 bits per heavy atom. The number of nitrogens with zero attached hydrogens (tertiary/aromatic N) is 6. The number of fused-ring (bicyclic) bond motifs is 1. The summed E-state index contributed by atoms with van der Waals surface area (Å²) < 4.78 is 11.2. The largest absolute Gasteiger partial charge is 0.455 e. The maximum atomic E-state index is 12.9. The summed E-state index contributed by atoms with van der Waals surface area (Å²) >= 11 is 0. The van der Waals surface area contributed by atoms with E-state index in [1.807, 2.05) is 36.2 Å². The van der Waals surface area contributed by atoms with Gasteiger partial charge in [-0.3, -0.25) is 9.80 Å². The van der Waals surface area contributed by atoms with Crippen LogP contribution in [0, 0.1) is 30.1 Å². The molecule has 156 valence electrons. The number of amides is 1. The first-order valence-electron chi connectivity index (χ1n) is 10.0. The third kappa shape index (κ3) is 3.36. The van der Waals surface area contributed by atoms with Crippen molar-refractivity contribution in [1.29, 1.82) is 5.26 Å². The molecule has 1 amide bonds. The maximum absolute atomic E-state index is 12.9. The average Bonchev–Trinajstić information content (AvgIpc) is 3.32. The van der Waals surface area contributed by atoms with Crippen LogP contribution in [0.4, 0.5) is 0 Å². The lowest BCUT2D eigenvalue weighted by molar-refractivity contribution is -0.139. The number of aromatic nitrogens is 2. The first kappa shape index (κ1) is 19.1. The predicted octanol–water partition coefficient (Wildman–Crippen LogP) is 2.49. The van der Waals surface area contributed by atoms with E-state index < -0.39 is 0 Å². The number of carbonyl (C=O) groups is 1. The number of nitriles is 1. The molecule has 1 atom stereocenters. The second-order valence-electron chi connectivity index (χ2n) is 7.79. The molecule has 0 bridgehead atoms. The molecule has 3 aliphatic heterocycles. The standard InChI is InChI=1S/C22H20N6O3/c1-13-18(22(29)27-10-15(9-23)11-27)12-28-20(13)19(7-8-24-28)30-17-5-3-16(4-6-17)21-25-14(2)31-26-21/h3-8,15,18H,10-12H2,1-2H3. The van der Waals surface area contributed by atoms with Crippen molar-refractivity contribution in [1.82, 2.24) is 20.0 Å². The van der Waals surface area contributed by atoms with E-state index >= 15 is 0 Å². The molecule has 1 fully saturated rings. The number of hydrogen-bond donors (Lipinski definition) is 0. The van der Waals surface area contributed by atoms with Crippen LogP contribution in [0.3, 0.4) is 0 Å². The van der Waals surface area contributed by atoms with Gasteiger partial charge < -0.3 is 14.2 Å². The third-order valence-corrected chi connectivity index (χ3v) is 5.72. The molecule has 5 rings (SSSR count). The monoisotopic (exact) mass is 416 g/mol. The number of allylic oxidation sites excluding steroid dienone is 1. The molecule has 1 aromatic heterocycles. The Morgan fingerprint density at radius 3 is 2.68 bits per heavy atom. The number of ether oxygens (including phenoxy) is 1. The number of hydrogen-bond acceptors (Lipinski definition) is 8. The summed E-state index contributed by atoms with van der Waals surface area (Å²) in [6.45, 7) is 5.17. The lowest BCUT2D eigenvalue weighted by Gasteiger charge is -2.37. The van der Waals surface area contributed by atoms with Gasteiger partial charge in [0.2, 0.25) is 17.6 Å². The van der Waals surface area contributed by atoms with Crippen LogP contribution in [0.5, 0.6) is 5.75 Å². The van der Waals surface area contributed by atoms with Crippen molar-refractivity contribution in [2.75, 3.05) is 19.6 Å². The summed E-state index contributed by atoms with van der Waals surface area (Å²) in [7, 11) is 0. The van der Waals surface area contributed by atoms with Crippen LogP contribution >= 0.6 is 0 Å². The SMILES string of the molecule is CC1=C2C(Oc3ccc(-c4noc(C)n4)cc3)=CC=NN2CC1C(=O)N1CC(C#N)C1. The Hall–Kier alpha value is -3.93. The van der Waals surface area contributed by atoms with Crippen molar-refractivity contribution in [3.8, 4) is 23.2 Å². The number of carbonyl (C=O) groups excluding carboxylic acids is 1. The van der Waals surface area contributed by atoms with E-state index in [2.05, 4.69) is 21.3 Å². The van der Waals surface area contributed by atoms with Gasteiger partial charge in [-0.25, -0.2) is 0 Å². The van der Waals surface area contributed by atoms with Crippen LogP contribution in [0.25, 0.3) is 11.4 Å². The summed E-state index contributed by atoms with van der Waals surface area (Å²) in [4.78, 5) is 18.9. The van der Waals surface area contributed by atoms with Gasteiger partial charge in [0.1, 0.15) is 11.4 Å². The van der Waals surface area contributed by atoms with Crippen LogP contribution < -0.4 is 4.74 Å². The van der Waals surface area contributed by atoms with Gasteiger partial charge in [0.05, 0.1) is 30.7 Å². The summed E-state index contributed by atoms with van der Waals surface area (Å²) in [6.07, 6.45) is 3.47. The Kier molecular flexibility index (Phi) is 4.55. The van der Waals surface area contributed by atoms with Gasteiger partial charge in [0, 0.05) is 31.7 Å². The maximum Gasteiger partial charge on any atom is 0.231 e. The number of hydrazone groups is 1. The van der Waals surface area contributed by atoms with E-state index in [0.717, 1.165) is 16.8 Å². The van der Waals surface area contributed by atoms with E-state index in [-0.39, 0.29) is 17.7 Å². The van der Waals surface area contributed by atoms with Crippen LogP contribution in [0.1, 0.15) is 12.8 Å². The van der Waals surface area contributed by atoms with Crippen LogP contribution in [0.2, 0.25) is 0 Å². The lowest BCUT2D eigenvalue weighted by atomic mass is 9.95. The number of aryl methyl sites for hydroxylation is 1. The fourth-order valence-electron chi connectivity index (χ4n) is 3.98. The highest BCUT2D eigenvalue weighted by Crippen LogP contribution is 2.37. The molecule has 9 heteroatoms. The third-order valence-electron chi connectivity index (χ3n) is 5.72. The van der Waals surface area contributed by atoms with Gasteiger partial charge in [0.15, 0.2) is 5.76 Å². The van der Waals surface area contributed by atoms with Crippen molar-refractivity contribution in [3.05, 3.63) is 53.3 Å². The fourth-order valence-corrected chi connectivity index (χ4v) is 3.98. The minimum Gasteiger partial charge on any atom is -0.455 e. The lowest BCUT2D eigenvalue weighted by Crippen LogP contribution is -2.52. The van der Waals surface area contributed by atoms with Gasteiger partial charge in [-0.1, -0.05) is 5.16 Å².